The molecule has 0 saturated carbocycles. The molecule has 0 aliphatic rings. The summed E-state index contributed by atoms with van der Waals surface area (Å²) >= 11 is 3.65. The van der Waals surface area contributed by atoms with Crippen molar-refractivity contribution >= 4 is 36.1 Å². The van der Waals surface area contributed by atoms with Gasteiger partial charge in [-0.15, -0.1) is 12.6 Å². The van der Waals surface area contributed by atoms with E-state index < -0.39 is 22.5 Å². The van der Waals surface area contributed by atoms with Gasteiger partial charge >= 0.3 is 5.97 Å². The second kappa shape index (κ2) is 5.41. The summed E-state index contributed by atoms with van der Waals surface area (Å²) in [6.07, 6.45) is 0. The normalized spacial score (nSPS) is 12.8. The van der Waals surface area contributed by atoms with Gasteiger partial charge in [0.1, 0.15) is 6.07 Å². The minimum absolute atomic E-state index is 0.0327. The highest BCUT2D eigenvalue weighted by Gasteiger charge is 2.41. The number of rotatable bonds is 4. The third kappa shape index (κ3) is 3.02. The lowest BCUT2D eigenvalue weighted by Gasteiger charge is -2.15. The first kappa shape index (κ1) is 14.5. The standard InChI is InChI=1S/C11H9N3O4S/c12-5-11(19,9(13)17)10(18)14-7-3-1-6(2-4-7)8(15)16/h1-4,19H,(H2,13,17)(H,14,18)(H,15,16). The summed E-state index contributed by atoms with van der Waals surface area (Å²) in [5.41, 5.74) is 5.17. The Kier molecular flexibility index (Phi) is 4.14. The van der Waals surface area contributed by atoms with Crippen LogP contribution in [0.15, 0.2) is 24.3 Å². The van der Waals surface area contributed by atoms with Crippen LogP contribution in [0.5, 0.6) is 0 Å². The molecule has 1 rings (SSSR count). The molecule has 0 bridgehead atoms. The number of amides is 2. The molecule has 2 amide bonds. The third-order valence-electron chi connectivity index (χ3n) is 2.24. The fourth-order valence-corrected chi connectivity index (χ4v) is 1.19. The van der Waals surface area contributed by atoms with Crippen LogP contribution in [0.3, 0.4) is 0 Å². The van der Waals surface area contributed by atoms with Gasteiger partial charge in [-0.2, -0.15) is 5.26 Å². The Balaban J connectivity index is 2.92. The van der Waals surface area contributed by atoms with Gasteiger partial charge < -0.3 is 16.2 Å². The fraction of sp³-hybridized carbons (Fsp3) is 0.0909. The van der Waals surface area contributed by atoms with E-state index in [0.717, 1.165) is 0 Å². The van der Waals surface area contributed by atoms with Gasteiger partial charge in [0.2, 0.25) is 0 Å². The Morgan fingerprint density at radius 1 is 1.32 bits per heavy atom. The maximum Gasteiger partial charge on any atom is 0.335 e. The van der Waals surface area contributed by atoms with Gasteiger partial charge in [0.25, 0.3) is 16.6 Å². The van der Waals surface area contributed by atoms with Crippen LogP contribution in [0.4, 0.5) is 5.69 Å². The van der Waals surface area contributed by atoms with E-state index in [-0.39, 0.29) is 11.3 Å². The molecule has 8 heteroatoms. The van der Waals surface area contributed by atoms with Gasteiger partial charge in [0.15, 0.2) is 0 Å². The molecule has 0 saturated heterocycles. The molecular formula is C11H9N3O4S. The molecule has 98 valence electrons. The van der Waals surface area contributed by atoms with Crippen LogP contribution in [-0.2, 0) is 9.59 Å². The molecule has 0 heterocycles. The molecule has 0 aromatic heterocycles. The van der Waals surface area contributed by atoms with Crippen molar-refractivity contribution in [2.75, 3.05) is 5.32 Å². The number of nitrogens with one attached hydrogen (secondary N) is 1. The summed E-state index contributed by atoms with van der Waals surface area (Å²) in [7, 11) is 0. The number of carboxylic acid groups (broad SMARTS) is 1. The maximum absolute atomic E-state index is 11.7. The first-order valence-corrected chi connectivity index (χ1v) is 5.34. The number of aromatic carboxylic acids is 1. The number of thiol groups is 1. The Morgan fingerprint density at radius 3 is 2.21 bits per heavy atom. The van der Waals surface area contributed by atoms with Crippen molar-refractivity contribution in [3.8, 4) is 6.07 Å². The van der Waals surface area contributed by atoms with E-state index in [4.69, 9.17) is 16.1 Å². The average molecular weight is 279 g/mol. The zero-order chi connectivity index (χ0) is 14.6. The molecule has 0 spiro atoms. The average Bonchev–Trinajstić information content (AvgIpc) is 2.37. The number of benzene rings is 1. The van der Waals surface area contributed by atoms with Crippen LogP contribution < -0.4 is 11.1 Å². The van der Waals surface area contributed by atoms with Gasteiger partial charge in [-0.3, -0.25) is 9.59 Å². The zero-order valence-electron chi connectivity index (χ0n) is 9.45. The van der Waals surface area contributed by atoms with Crippen molar-refractivity contribution in [2.24, 2.45) is 5.73 Å². The summed E-state index contributed by atoms with van der Waals surface area (Å²) in [4.78, 5) is 33.3. The number of hydrogen-bond acceptors (Lipinski definition) is 5. The Labute approximate surface area is 113 Å². The van der Waals surface area contributed by atoms with Gasteiger partial charge in [-0.05, 0) is 24.3 Å². The number of primary amides is 1. The van der Waals surface area contributed by atoms with E-state index in [1.165, 1.54) is 30.3 Å². The van der Waals surface area contributed by atoms with E-state index in [2.05, 4.69) is 17.9 Å². The summed E-state index contributed by atoms with van der Waals surface area (Å²) in [5, 5.41) is 19.7. The van der Waals surface area contributed by atoms with Crippen molar-refractivity contribution in [3.05, 3.63) is 29.8 Å². The highest BCUT2D eigenvalue weighted by atomic mass is 32.1. The predicted molar refractivity (Wildman–Crippen MR) is 68.6 cm³/mol. The minimum Gasteiger partial charge on any atom is -0.478 e. The largest absolute Gasteiger partial charge is 0.478 e. The SMILES string of the molecule is N#CC(S)(C(N)=O)C(=O)Nc1ccc(C(=O)O)cc1. The number of anilines is 1. The topological polar surface area (TPSA) is 133 Å². The van der Waals surface area contributed by atoms with Gasteiger partial charge in [-0.1, -0.05) is 0 Å². The fourth-order valence-electron chi connectivity index (χ4n) is 1.14. The van der Waals surface area contributed by atoms with Gasteiger partial charge in [0, 0.05) is 5.69 Å². The second-order valence-electron chi connectivity index (χ2n) is 3.52. The van der Waals surface area contributed by atoms with E-state index in [1.54, 1.807) is 0 Å². The van der Waals surface area contributed by atoms with Crippen molar-refractivity contribution in [3.63, 3.8) is 0 Å². The van der Waals surface area contributed by atoms with Crippen molar-refractivity contribution in [2.45, 2.75) is 4.75 Å². The first-order chi connectivity index (χ1) is 8.81. The molecule has 4 N–H and O–H groups in total. The summed E-state index contributed by atoms with van der Waals surface area (Å²) in [6.45, 7) is 0. The first-order valence-electron chi connectivity index (χ1n) is 4.89. The van der Waals surface area contributed by atoms with E-state index in [0.29, 0.717) is 0 Å². The molecule has 1 aromatic carbocycles. The van der Waals surface area contributed by atoms with Crippen LogP contribution in [-0.4, -0.2) is 27.6 Å². The monoisotopic (exact) mass is 279 g/mol. The highest BCUT2D eigenvalue weighted by Crippen LogP contribution is 2.17. The molecule has 0 radical (unpaired) electrons. The Bertz CT molecular complexity index is 579. The van der Waals surface area contributed by atoms with E-state index >= 15 is 0 Å². The molecule has 19 heavy (non-hydrogen) atoms. The molecular weight excluding hydrogens is 270 g/mol. The van der Waals surface area contributed by atoms with E-state index in [9.17, 15) is 14.4 Å². The third-order valence-corrected chi connectivity index (χ3v) is 2.76. The summed E-state index contributed by atoms with van der Waals surface area (Å²) in [6, 6.07) is 6.56. The van der Waals surface area contributed by atoms with Crippen molar-refractivity contribution < 1.29 is 19.5 Å². The molecule has 7 nitrogen and oxygen atoms in total. The van der Waals surface area contributed by atoms with Crippen molar-refractivity contribution in [1.29, 1.82) is 5.26 Å². The molecule has 0 aliphatic heterocycles. The number of nitrogens with two attached hydrogens (primary N) is 1. The number of carboxylic acids is 1. The van der Waals surface area contributed by atoms with Gasteiger partial charge in [-0.25, -0.2) is 4.79 Å². The summed E-state index contributed by atoms with van der Waals surface area (Å²) in [5.74, 6) is -3.32. The lowest BCUT2D eigenvalue weighted by molar-refractivity contribution is -0.126. The molecule has 0 fully saturated rings. The summed E-state index contributed by atoms with van der Waals surface area (Å²) < 4.78 is -2.29. The number of carbonyl (C=O) groups excluding carboxylic acids is 2. The molecule has 1 unspecified atom stereocenters. The smallest absolute Gasteiger partial charge is 0.335 e. The number of nitrogens with zero attached hydrogens (tertiary/aromatic N) is 1. The zero-order valence-corrected chi connectivity index (χ0v) is 10.3. The lowest BCUT2D eigenvalue weighted by atomic mass is 10.1. The molecule has 1 atom stereocenters. The van der Waals surface area contributed by atoms with Crippen LogP contribution in [0.1, 0.15) is 10.4 Å². The van der Waals surface area contributed by atoms with Crippen molar-refractivity contribution in [1.82, 2.24) is 0 Å². The lowest BCUT2D eigenvalue weighted by Crippen LogP contribution is -2.47. The second-order valence-corrected chi connectivity index (χ2v) is 4.19. The Morgan fingerprint density at radius 2 is 1.84 bits per heavy atom. The molecule has 1 aromatic rings. The van der Waals surface area contributed by atoms with Crippen LogP contribution in [0.25, 0.3) is 0 Å². The molecule has 0 aliphatic carbocycles. The Hall–Kier alpha value is -2.53. The van der Waals surface area contributed by atoms with Gasteiger partial charge in [0.05, 0.1) is 5.56 Å². The quantitative estimate of drug-likeness (QED) is 0.454. The number of carbonyl (C=O) groups is 3. The predicted octanol–water partition coefficient (Wildman–Crippen LogP) is 0.000780. The van der Waals surface area contributed by atoms with Crippen LogP contribution >= 0.6 is 12.6 Å². The highest BCUT2D eigenvalue weighted by molar-refractivity contribution is 7.84. The van der Waals surface area contributed by atoms with Crippen LogP contribution in [0.2, 0.25) is 0 Å². The van der Waals surface area contributed by atoms with E-state index in [1.807, 2.05) is 0 Å². The maximum atomic E-state index is 11.7. The number of nitriles is 1. The minimum atomic E-state index is -2.29. The number of hydrogen-bond donors (Lipinski definition) is 4. The van der Waals surface area contributed by atoms with Crippen LogP contribution in [0, 0.1) is 11.3 Å².